The summed E-state index contributed by atoms with van der Waals surface area (Å²) in [7, 11) is 3.78. The molecular formula is C12H15ClN4S. The predicted octanol–water partition coefficient (Wildman–Crippen LogP) is 3.11. The van der Waals surface area contributed by atoms with Gasteiger partial charge in [0.05, 0.1) is 21.4 Å². The summed E-state index contributed by atoms with van der Waals surface area (Å²) in [6.07, 6.45) is 0. The molecule has 0 saturated heterocycles. The monoisotopic (exact) mass is 282 g/mol. The average molecular weight is 283 g/mol. The van der Waals surface area contributed by atoms with Crippen LogP contribution in [0.5, 0.6) is 0 Å². The Labute approximate surface area is 116 Å². The molecule has 0 atom stereocenters. The normalized spacial score (nSPS) is 10.7. The molecule has 0 radical (unpaired) electrons. The van der Waals surface area contributed by atoms with Gasteiger partial charge in [-0.1, -0.05) is 11.6 Å². The van der Waals surface area contributed by atoms with Crippen molar-refractivity contribution in [3.8, 4) is 0 Å². The van der Waals surface area contributed by atoms with Crippen molar-refractivity contribution in [1.82, 2.24) is 14.8 Å². The maximum Gasteiger partial charge on any atom is 0.126 e. The van der Waals surface area contributed by atoms with Crippen molar-refractivity contribution < 1.29 is 0 Å². The molecule has 0 spiro atoms. The van der Waals surface area contributed by atoms with Crippen molar-refractivity contribution in [3.63, 3.8) is 0 Å². The number of nitrogens with zero attached hydrogens (tertiary/aromatic N) is 3. The van der Waals surface area contributed by atoms with E-state index in [1.54, 1.807) is 11.8 Å². The smallest absolute Gasteiger partial charge is 0.126 e. The van der Waals surface area contributed by atoms with E-state index in [0.29, 0.717) is 5.02 Å². The van der Waals surface area contributed by atoms with Crippen LogP contribution in [0.4, 0.5) is 5.82 Å². The number of thioether (sulfide) groups is 1. The second-order valence-electron chi connectivity index (χ2n) is 3.91. The number of pyridine rings is 1. The lowest BCUT2D eigenvalue weighted by Crippen LogP contribution is -1.97. The molecule has 0 fully saturated rings. The fourth-order valence-electron chi connectivity index (χ4n) is 1.59. The van der Waals surface area contributed by atoms with Crippen LogP contribution in [0, 0.1) is 6.92 Å². The molecular weight excluding hydrogens is 268 g/mol. The molecule has 18 heavy (non-hydrogen) atoms. The summed E-state index contributed by atoms with van der Waals surface area (Å²) in [6, 6.07) is 5.79. The fraction of sp³-hybridized carbons (Fsp3) is 0.333. The second-order valence-corrected chi connectivity index (χ2v) is 5.31. The molecule has 6 heteroatoms. The van der Waals surface area contributed by atoms with E-state index in [9.17, 15) is 0 Å². The van der Waals surface area contributed by atoms with Crippen LogP contribution in [0.2, 0.25) is 5.02 Å². The van der Waals surface area contributed by atoms with Crippen molar-refractivity contribution in [2.75, 3.05) is 12.4 Å². The third-order valence-electron chi connectivity index (χ3n) is 2.49. The first-order chi connectivity index (χ1) is 8.60. The van der Waals surface area contributed by atoms with Crippen LogP contribution in [0.25, 0.3) is 0 Å². The number of rotatable bonds is 4. The first-order valence-electron chi connectivity index (χ1n) is 5.57. The molecule has 4 nitrogen and oxygen atoms in total. The number of aromatic nitrogens is 3. The largest absolute Gasteiger partial charge is 0.373 e. The third-order valence-corrected chi connectivity index (χ3v) is 3.93. The summed E-state index contributed by atoms with van der Waals surface area (Å²) in [4.78, 5) is 4.45. The maximum absolute atomic E-state index is 6.14. The first-order valence-corrected chi connectivity index (χ1v) is 6.93. The van der Waals surface area contributed by atoms with Gasteiger partial charge in [0.1, 0.15) is 5.82 Å². The molecule has 0 aliphatic rings. The molecule has 0 aliphatic heterocycles. The number of halogens is 1. The molecule has 96 valence electrons. The van der Waals surface area contributed by atoms with Crippen LogP contribution in [0.15, 0.2) is 23.2 Å². The minimum absolute atomic E-state index is 0.695. The summed E-state index contributed by atoms with van der Waals surface area (Å²) in [5.74, 6) is 1.56. The Morgan fingerprint density at radius 2 is 2.22 bits per heavy atom. The Hall–Kier alpha value is -1.20. The van der Waals surface area contributed by atoms with Gasteiger partial charge in [-0.25, -0.2) is 4.98 Å². The first kappa shape index (κ1) is 13.2. The van der Waals surface area contributed by atoms with Gasteiger partial charge in [0, 0.05) is 19.8 Å². The Balaban J connectivity index is 2.12. The molecule has 0 bridgehead atoms. The summed E-state index contributed by atoms with van der Waals surface area (Å²) < 4.78 is 1.87. The molecule has 2 heterocycles. The zero-order valence-corrected chi connectivity index (χ0v) is 12.1. The van der Waals surface area contributed by atoms with Gasteiger partial charge in [-0.15, -0.1) is 11.8 Å². The lowest BCUT2D eigenvalue weighted by atomic mass is 10.3. The van der Waals surface area contributed by atoms with Crippen molar-refractivity contribution in [1.29, 1.82) is 0 Å². The van der Waals surface area contributed by atoms with Crippen LogP contribution in [-0.4, -0.2) is 21.8 Å². The fourth-order valence-corrected chi connectivity index (χ4v) is 2.83. The molecule has 0 aliphatic carbocycles. The highest BCUT2D eigenvalue weighted by atomic mass is 35.5. The van der Waals surface area contributed by atoms with E-state index in [4.69, 9.17) is 11.6 Å². The van der Waals surface area contributed by atoms with Gasteiger partial charge in [-0.3, -0.25) is 4.68 Å². The van der Waals surface area contributed by atoms with Gasteiger partial charge in [0.2, 0.25) is 0 Å². The van der Waals surface area contributed by atoms with E-state index in [1.807, 2.05) is 37.8 Å². The lowest BCUT2D eigenvalue weighted by Gasteiger charge is -2.06. The quantitative estimate of drug-likeness (QED) is 0.875. The van der Waals surface area contributed by atoms with Crippen LogP contribution < -0.4 is 5.32 Å². The predicted molar refractivity (Wildman–Crippen MR) is 76.3 cm³/mol. The van der Waals surface area contributed by atoms with Gasteiger partial charge in [-0.05, 0) is 25.1 Å². The van der Waals surface area contributed by atoms with Crippen LogP contribution in [0.1, 0.15) is 11.4 Å². The highest BCUT2D eigenvalue weighted by molar-refractivity contribution is 7.98. The van der Waals surface area contributed by atoms with Gasteiger partial charge in [0.15, 0.2) is 0 Å². The number of anilines is 1. The van der Waals surface area contributed by atoms with Gasteiger partial charge < -0.3 is 5.32 Å². The Morgan fingerprint density at radius 3 is 2.83 bits per heavy atom. The van der Waals surface area contributed by atoms with E-state index in [1.165, 1.54) is 0 Å². The molecule has 2 aromatic heterocycles. The van der Waals surface area contributed by atoms with Crippen molar-refractivity contribution in [2.45, 2.75) is 17.7 Å². The summed E-state index contributed by atoms with van der Waals surface area (Å²) in [5, 5.41) is 9.13. The molecule has 1 N–H and O–H groups in total. The summed E-state index contributed by atoms with van der Waals surface area (Å²) in [5.41, 5.74) is 1.90. The maximum atomic E-state index is 6.14. The van der Waals surface area contributed by atoms with Gasteiger partial charge >= 0.3 is 0 Å². The molecule has 0 aromatic carbocycles. The minimum Gasteiger partial charge on any atom is -0.373 e. The number of nitrogens with one attached hydrogen (secondary N) is 1. The van der Waals surface area contributed by atoms with Crippen molar-refractivity contribution in [3.05, 3.63) is 34.6 Å². The number of aryl methyl sites for hydroxylation is 2. The number of hydrogen-bond donors (Lipinski definition) is 1. The Bertz CT molecular complexity index is 553. The highest BCUT2D eigenvalue weighted by Crippen LogP contribution is 2.26. The van der Waals surface area contributed by atoms with E-state index in [2.05, 4.69) is 21.5 Å². The van der Waals surface area contributed by atoms with E-state index < -0.39 is 0 Å². The summed E-state index contributed by atoms with van der Waals surface area (Å²) >= 11 is 7.82. The molecule has 0 unspecified atom stereocenters. The molecule has 0 saturated carbocycles. The lowest BCUT2D eigenvalue weighted by molar-refractivity contribution is 0.692. The average Bonchev–Trinajstić information content (AvgIpc) is 2.67. The topological polar surface area (TPSA) is 42.7 Å². The Morgan fingerprint density at radius 1 is 1.44 bits per heavy atom. The Kier molecular flexibility index (Phi) is 4.14. The van der Waals surface area contributed by atoms with Crippen LogP contribution in [-0.2, 0) is 12.8 Å². The van der Waals surface area contributed by atoms with E-state index in [0.717, 1.165) is 28.0 Å². The zero-order valence-electron chi connectivity index (χ0n) is 10.6. The molecule has 0 amide bonds. The molecule has 2 aromatic rings. The third kappa shape index (κ3) is 2.97. The summed E-state index contributed by atoms with van der Waals surface area (Å²) in [6.45, 7) is 1.98. The van der Waals surface area contributed by atoms with Crippen molar-refractivity contribution in [2.24, 2.45) is 7.05 Å². The molecule has 2 rings (SSSR count). The standard InChI is InChI=1S/C12H15ClN4S/c1-8-6-12(17(3)16-8)18-7-10-9(13)4-5-11(14-2)15-10/h4-6H,7H2,1-3H3,(H,14,15). The van der Waals surface area contributed by atoms with Crippen LogP contribution in [0.3, 0.4) is 0 Å². The zero-order chi connectivity index (χ0) is 13.1. The van der Waals surface area contributed by atoms with E-state index in [-0.39, 0.29) is 0 Å². The van der Waals surface area contributed by atoms with E-state index >= 15 is 0 Å². The van der Waals surface area contributed by atoms with Crippen molar-refractivity contribution >= 4 is 29.2 Å². The van der Waals surface area contributed by atoms with Crippen LogP contribution >= 0.6 is 23.4 Å². The second kappa shape index (κ2) is 5.63. The van der Waals surface area contributed by atoms with Gasteiger partial charge in [-0.2, -0.15) is 5.10 Å². The number of hydrogen-bond acceptors (Lipinski definition) is 4. The minimum atomic E-state index is 0.695. The van der Waals surface area contributed by atoms with Gasteiger partial charge in [0.25, 0.3) is 0 Å². The SMILES string of the molecule is CNc1ccc(Cl)c(CSc2cc(C)nn2C)n1. The highest BCUT2D eigenvalue weighted by Gasteiger charge is 2.07.